The highest BCUT2D eigenvalue weighted by molar-refractivity contribution is 5.78. The molecule has 27 heavy (non-hydrogen) atoms. The van der Waals surface area contributed by atoms with Gasteiger partial charge in [-0.05, 0) is 57.5 Å². The number of aryl methyl sites for hydroxylation is 1. The Morgan fingerprint density at radius 1 is 1.11 bits per heavy atom. The highest BCUT2D eigenvalue weighted by Crippen LogP contribution is 2.31. The van der Waals surface area contributed by atoms with Crippen LogP contribution in [0.3, 0.4) is 0 Å². The first kappa shape index (κ1) is 18.6. The first-order valence-electron chi connectivity index (χ1n) is 10.3. The highest BCUT2D eigenvalue weighted by Gasteiger charge is 2.31. The maximum absolute atomic E-state index is 12.3. The molecule has 1 aromatic heterocycles. The van der Waals surface area contributed by atoms with E-state index in [4.69, 9.17) is 4.74 Å². The van der Waals surface area contributed by atoms with Crippen LogP contribution in [0.2, 0.25) is 0 Å². The third-order valence-electron chi connectivity index (χ3n) is 6.00. The van der Waals surface area contributed by atoms with Crippen LogP contribution in [0.4, 0.5) is 5.82 Å². The third-order valence-corrected chi connectivity index (χ3v) is 6.00. The van der Waals surface area contributed by atoms with Gasteiger partial charge in [-0.3, -0.25) is 9.78 Å². The van der Waals surface area contributed by atoms with Gasteiger partial charge < -0.3 is 19.9 Å². The quantitative estimate of drug-likeness (QED) is 0.782. The van der Waals surface area contributed by atoms with E-state index in [1.54, 1.807) is 12.4 Å². The number of hydrogen-bond acceptors (Lipinski definition) is 6. The van der Waals surface area contributed by atoms with E-state index in [1.165, 1.54) is 45.3 Å². The number of rotatable bonds is 7. The molecule has 1 aromatic rings. The normalized spacial score (nSPS) is 25.0. The van der Waals surface area contributed by atoms with E-state index in [0.717, 1.165) is 24.0 Å². The van der Waals surface area contributed by atoms with Gasteiger partial charge in [0.25, 0.3) is 0 Å². The van der Waals surface area contributed by atoms with E-state index in [-0.39, 0.29) is 18.6 Å². The second kappa shape index (κ2) is 8.52. The second-order valence-electron chi connectivity index (χ2n) is 8.29. The largest absolute Gasteiger partial charge is 0.366 e. The van der Waals surface area contributed by atoms with Crippen molar-refractivity contribution in [3.05, 3.63) is 18.1 Å². The van der Waals surface area contributed by atoms with Gasteiger partial charge in [0, 0.05) is 38.6 Å². The van der Waals surface area contributed by atoms with Crippen LogP contribution < -0.4 is 5.32 Å². The first-order valence-corrected chi connectivity index (χ1v) is 10.3. The number of ether oxygens (including phenoxy) is 1. The van der Waals surface area contributed by atoms with E-state index >= 15 is 0 Å². The number of anilines is 1. The van der Waals surface area contributed by atoms with Crippen LogP contribution in [-0.4, -0.2) is 77.7 Å². The zero-order chi connectivity index (χ0) is 18.6. The van der Waals surface area contributed by atoms with Gasteiger partial charge in [-0.15, -0.1) is 0 Å². The minimum absolute atomic E-state index is 0.000869. The van der Waals surface area contributed by atoms with Crippen LogP contribution in [0.5, 0.6) is 0 Å². The molecule has 4 rings (SSSR count). The molecule has 1 saturated carbocycles. The van der Waals surface area contributed by atoms with E-state index in [9.17, 15) is 4.79 Å². The van der Waals surface area contributed by atoms with Crippen molar-refractivity contribution in [2.24, 2.45) is 11.8 Å². The minimum atomic E-state index is -0.000869. The van der Waals surface area contributed by atoms with Crippen molar-refractivity contribution in [3.63, 3.8) is 0 Å². The number of nitrogens with zero attached hydrogens (tertiary/aromatic N) is 4. The zero-order valence-electron chi connectivity index (χ0n) is 16.3. The summed E-state index contributed by atoms with van der Waals surface area (Å²) < 4.78 is 5.73. The lowest BCUT2D eigenvalue weighted by molar-refractivity contribution is -0.149. The van der Waals surface area contributed by atoms with Crippen LogP contribution >= 0.6 is 0 Å². The first-order chi connectivity index (χ1) is 13.2. The lowest BCUT2D eigenvalue weighted by Gasteiger charge is -2.38. The molecular weight excluding hydrogens is 342 g/mol. The highest BCUT2D eigenvalue weighted by atomic mass is 16.5. The van der Waals surface area contributed by atoms with E-state index in [0.29, 0.717) is 19.0 Å². The Hall–Kier alpha value is -1.73. The van der Waals surface area contributed by atoms with Crippen molar-refractivity contribution in [1.82, 2.24) is 19.8 Å². The maximum atomic E-state index is 12.3. The van der Waals surface area contributed by atoms with Crippen LogP contribution in [-0.2, 0) is 9.53 Å². The van der Waals surface area contributed by atoms with Crippen LogP contribution in [0, 0.1) is 18.8 Å². The summed E-state index contributed by atoms with van der Waals surface area (Å²) in [6.07, 6.45) is 8.63. The molecule has 1 amide bonds. The van der Waals surface area contributed by atoms with E-state index in [1.807, 2.05) is 11.8 Å². The Balaban J connectivity index is 1.23. The Labute approximate surface area is 161 Å². The van der Waals surface area contributed by atoms with Gasteiger partial charge in [-0.25, -0.2) is 4.98 Å². The smallest absolute Gasteiger partial charge is 0.248 e. The molecule has 1 aliphatic carbocycles. The predicted molar refractivity (Wildman–Crippen MR) is 103 cm³/mol. The summed E-state index contributed by atoms with van der Waals surface area (Å²) in [4.78, 5) is 25.5. The molecule has 3 aliphatic rings. The molecule has 1 unspecified atom stereocenters. The fourth-order valence-electron chi connectivity index (χ4n) is 4.10. The lowest BCUT2D eigenvalue weighted by atomic mass is 9.95. The summed E-state index contributed by atoms with van der Waals surface area (Å²) in [7, 11) is 0. The van der Waals surface area contributed by atoms with Gasteiger partial charge in [-0.1, -0.05) is 0 Å². The van der Waals surface area contributed by atoms with Crippen molar-refractivity contribution in [1.29, 1.82) is 0 Å². The minimum Gasteiger partial charge on any atom is -0.366 e. The summed E-state index contributed by atoms with van der Waals surface area (Å²) in [5.41, 5.74) is 0.874. The number of aromatic nitrogens is 2. The Morgan fingerprint density at radius 3 is 2.59 bits per heavy atom. The third kappa shape index (κ3) is 5.17. The molecule has 1 N–H and O–H groups in total. The Kier molecular flexibility index (Phi) is 5.88. The molecular formula is C20H31N5O2. The van der Waals surface area contributed by atoms with Gasteiger partial charge in [0.15, 0.2) is 0 Å². The van der Waals surface area contributed by atoms with E-state index in [2.05, 4.69) is 20.2 Å². The number of nitrogens with one attached hydrogen (secondary N) is 1. The number of amides is 1. The molecule has 7 nitrogen and oxygen atoms in total. The fourth-order valence-corrected chi connectivity index (χ4v) is 4.10. The van der Waals surface area contributed by atoms with Crippen LogP contribution in [0.25, 0.3) is 0 Å². The monoisotopic (exact) mass is 373 g/mol. The molecule has 0 radical (unpaired) electrons. The Morgan fingerprint density at radius 2 is 1.85 bits per heavy atom. The van der Waals surface area contributed by atoms with Crippen molar-refractivity contribution in [2.45, 2.75) is 38.7 Å². The fraction of sp³-hybridized carbons (Fsp3) is 0.750. The molecule has 0 bridgehead atoms. The summed E-state index contributed by atoms with van der Waals surface area (Å²) in [6.45, 7) is 7.97. The van der Waals surface area contributed by atoms with Gasteiger partial charge >= 0.3 is 0 Å². The average molecular weight is 374 g/mol. The SMILES string of the molecule is Cc1nccnc1NCC1CN(CC2CCN(CC3CC3)CC2)C(=O)CO1. The van der Waals surface area contributed by atoms with Crippen LogP contribution in [0.1, 0.15) is 31.4 Å². The van der Waals surface area contributed by atoms with E-state index < -0.39 is 0 Å². The van der Waals surface area contributed by atoms with Crippen molar-refractivity contribution in [3.8, 4) is 0 Å². The number of morpholine rings is 1. The van der Waals surface area contributed by atoms with Gasteiger partial charge in [0.1, 0.15) is 12.4 Å². The predicted octanol–water partition coefficient (Wildman–Crippen LogP) is 1.55. The van der Waals surface area contributed by atoms with Crippen molar-refractivity contribution >= 4 is 11.7 Å². The van der Waals surface area contributed by atoms with Crippen LogP contribution in [0.15, 0.2) is 12.4 Å². The number of likely N-dealkylation sites (tertiary alicyclic amines) is 1. The number of carbonyl (C=O) groups is 1. The molecule has 148 valence electrons. The Bertz CT molecular complexity index is 643. The number of piperidine rings is 1. The zero-order valence-corrected chi connectivity index (χ0v) is 16.3. The molecule has 0 spiro atoms. The van der Waals surface area contributed by atoms with Gasteiger partial charge in [0.2, 0.25) is 5.91 Å². The topological polar surface area (TPSA) is 70.6 Å². The van der Waals surface area contributed by atoms with Gasteiger partial charge in [-0.2, -0.15) is 0 Å². The molecule has 0 aromatic carbocycles. The summed E-state index contributed by atoms with van der Waals surface area (Å²) in [5, 5.41) is 3.31. The number of carbonyl (C=O) groups excluding carboxylic acids is 1. The van der Waals surface area contributed by atoms with Crippen molar-refractivity contribution < 1.29 is 9.53 Å². The molecule has 1 atom stereocenters. The molecule has 2 saturated heterocycles. The molecule has 3 heterocycles. The molecule has 7 heteroatoms. The maximum Gasteiger partial charge on any atom is 0.248 e. The summed E-state index contributed by atoms with van der Waals surface area (Å²) >= 11 is 0. The number of hydrogen-bond donors (Lipinski definition) is 1. The molecule has 2 aliphatic heterocycles. The lowest BCUT2D eigenvalue weighted by Crippen LogP contribution is -2.51. The molecule has 3 fully saturated rings. The van der Waals surface area contributed by atoms with Crippen molar-refractivity contribution in [2.75, 3.05) is 51.2 Å². The van der Waals surface area contributed by atoms with Gasteiger partial charge in [0.05, 0.1) is 11.8 Å². The average Bonchev–Trinajstić information content (AvgIpc) is 3.49. The second-order valence-corrected chi connectivity index (χ2v) is 8.29. The standard InChI is InChI=1S/C20H31N5O2/c1-15-20(22-7-6-21-15)23-10-18-13-25(19(26)14-27-18)12-17-4-8-24(9-5-17)11-16-2-3-16/h6-7,16-18H,2-5,8-14H2,1H3,(H,22,23). The summed E-state index contributed by atoms with van der Waals surface area (Å²) in [5.74, 6) is 2.50. The summed E-state index contributed by atoms with van der Waals surface area (Å²) in [6, 6.07) is 0.